The molecule has 0 bridgehead atoms. The molecule has 4 heteroatoms. The standard InChI is InChI=1S/C5H7I2NO/c6-3-1-2-8-5(9)4(3)7/h3-4H,1-2H2,(H,8,9). The van der Waals surface area contributed by atoms with E-state index in [2.05, 4.69) is 50.5 Å². The fourth-order valence-corrected chi connectivity index (χ4v) is 1.96. The largest absolute Gasteiger partial charge is 0.355 e. The zero-order chi connectivity index (χ0) is 6.85. The average molecular weight is 351 g/mol. The highest BCUT2D eigenvalue weighted by Gasteiger charge is 2.26. The van der Waals surface area contributed by atoms with Gasteiger partial charge in [-0.05, 0) is 6.42 Å². The van der Waals surface area contributed by atoms with Crippen LogP contribution in [0.4, 0.5) is 0 Å². The second kappa shape index (κ2) is 3.36. The van der Waals surface area contributed by atoms with E-state index < -0.39 is 0 Å². The maximum absolute atomic E-state index is 10.9. The van der Waals surface area contributed by atoms with Crippen LogP contribution in [0.25, 0.3) is 0 Å². The van der Waals surface area contributed by atoms with Gasteiger partial charge in [-0.25, -0.2) is 0 Å². The fraction of sp³-hybridized carbons (Fsp3) is 0.800. The summed E-state index contributed by atoms with van der Waals surface area (Å²) in [6.45, 7) is 0.853. The van der Waals surface area contributed by atoms with Crippen LogP contribution in [0.15, 0.2) is 0 Å². The molecule has 2 nitrogen and oxygen atoms in total. The Morgan fingerprint density at radius 2 is 2.22 bits per heavy atom. The van der Waals surface area contributed by atoms with Crippen LogP contribution in [-0.2, 0) is 4.79 Å². The van der Waals surface area contributed by atoms with Crippen molar-refractivity contribution in [2.75, 3.05) is 6.54 Å². The molecule has 1 aliphatic heterocycles. The van der Waals surface area contributed by atoms with Crippen molar-refractivity contribution in [2.45, 2.75) is 14.3 Å². The summed E-state index contributed by atoms with van der Waals surface area (Å²) in [5.41, 5.74) is 0. The van der Waals surface area contributed by atoms with Gasteiger partial charge < -0.3 is 5.32 Å². The molecule has 1 fully saturated rings. The first-order valence-electron chi connectivity index (χ1n) is 2.77. The smallest absolute Gasteiger partial charge is 0.234 e. The molecule has 1 aliphatic rings. The van der Waals surface area contributed by atoms with Crippen LogP contribution >= 0.6 is 45.2 Å². The number of rotatable bonds is 0. The Hall–Kier alpha value is 0.930. The molecule has 0 saturated carbocycles. The maximum Gasteiger partial charge on any atom is 0.234 e. The van der Waals surface area contributed by atoms with Crippen molar-refractivity contribution in [2.24, 2.45) is 0 Å². The van der Waals surface area contributed by atoms with Crippen LogP contribution in [0.5, 0.6) is 0 Å². The summed E-state index contributed by atoms with van der Waals surface area (Å²) in [6, 6.07) is 0. The lowest BCUT2D eigenvalue weighted by Crippen LogP contribution is -2.43. The number of halogens is 2. The van der Waals surface area contributed by atoms with Crippen LogP contribution in [-0.4, -0.2) is 20.3 Å². The molecule has 9 heavy (non-hydrogen) atoms. The Balaban J connectivity index is 2.51. The van der Waals surface area contributed by atoms with E-state index in [1.165, 1.54) is 0 Å². The molecule has 0 aliphatic carbocycles. The van der Waals surface area contributed by atoms with Crippen molar-refractivity contribution < 1.29 is 4.79 Å². The maximum atomic E-state index is 10.9. The summed E-state index contributed by atoms with van der Waals surface area (Å²) in [6.07, 6.45) is 1.11. The summed E-state index contributed by atoms with van der Waals surface area (Å²) in [5.74, 6) is 0.196. The Kier molecular flexibility index (Phi) is 3.00. The van der Waals surface area contributed by atoms with Crippen molar-refractivity contribution in [1.82, 2.24) is 5.32 Å². The SMILES string of the molecule is O=C1NCCC(I)C1I. The molecule has 1 saturated heterocycles. The predicted molar refractivity (Wildman–Crippen MR) is 53.2 cm³/mol. The first-order chi connectivity index (χ1) is 4.22. The molecule has 0 spiro atoms. The Bertz CT molecular complexity index is 128. The van der Waals surface area contributed by atoms with E-state index >= 15 is 0 Å². The van der Waals surface area contributed by atoms with Crippen LogP contribution in [0, 0.1) is 0 Å². The highest BCUT2D eigenvalue weighted by molar-refractivity contribution is 14.1. The second-order valence-corrected chi connectivity index (χ2v) is 4.94. The molecule has 0 radical (unpaired) electrons. The molecule has 2 unspecified atom stereocenters. The first kappa shape index (κ1) is 8.03. The van der Waals surface area contributed by atoms with Gasteiger partial charge in [0.25, 0.3) is 0 Å². The van der Waals surface area contributed by atoms with Gasteiger partial charge in [0.15, 0.2) is 0 Å². The third-order valence-electron chi connectivity index (χ3n) is 1.29. The van der Waals surface area contributed by atoms with E-state index in [9.17, 15) is 4.79 Å². The molecule has 0 aromatic carbocycles. The van der Waals surface area contributed by atoms with Crippen molar-refractivity contribution in [3.8, 4) is 0 Å². The zero-order valence-electron chi connectivity index (χ0n) is 4.73. The normalized spacial score (nSPS) is 36.0. The fourth-order valence-electron chi connectivity index (χ4n) is 0.741. The van der Waals surface area contributed by atoms with Crippen molar-refractivity contribution in [1.29, 1.82) is 0 Å². The minimum atomic E-state index is 0.178. The topological polar surface area (TPSA) is 29.1 Å². The lowest BCUT2D eigenvalue weighted by atomic mass is 10.2. The summed E-state index contributed by atoms with van der Waals surface area (Å²) < 4.78 is 0.703. The van der Waals surface area contributed by atoms with Crippen molar-refractivity contribution in [3.63, 3.8) is 0 Å². The number of nitrogens with one attached hydrogen (secondary N) is 1. The second-order valence-electron chi connectivity index (χ2n) is 2.00. The number of alkyl halides is 2. The number of piperidine rings is 1. The number of carbonyl (C=O) groups is 1. The van der Waals surface area contributed by atoms with Gasteiger partial charge in [0.2, 0.25) is 5.91 Å². The molecule has 0 aromatic rings. The Morgan fingerprint density at radius 3 is 2.67 bits per heavy atom. The molecular formula is C5H7I2NO. The van der Waals surface area contributed by atoms with Gasteiger partial charge in [-0.2, -0.15) is 0 Å². The molecule has 1 amide bonds. The molecule has 52 valence electrons. The summed E-state index contributed by atoms with van der Waals surface area (Å²) >= 11 is 4.52. The minimum Gasteiger partial charge on any atom is -0.355 e. The third-order valence-corrected chi connectivity index (χ3v) is 5.44. The molecule has 1 N–H and O–H groups in total. The van der Waals surface area contributed by atoms with Gasteiger partial charge in [-0.1, -0.05) is 45.2 Å². The van der Waals surface area contributed by atoms with Gasteiger partial charge in [-0.15, -0.1) is 0 Å². The van der Waals surface area contributed by atoms with Gasteiger partial charge in [0.05, 0.1) is 0 Å². The van der Waals surface area contributed by atoms with Crippen molar-refractivity contribution in [3.05, 3.63) is 0 Å². The highest BCUT2D eigenvalue weighted by atomic mass is 127. The van der Waals surface area contributed by atoms with Crippen LogP contribution in [0.1, 0.15) is 6.42 Å². The summed E-state index contributed by atoms with van der Waals surface area (Å²) in [7, 11) is 0. The zero-order valence-corrected chi connectivity index (χ0v) is 9.05. The first-order valence-corrected chi connectivity index (χ1v) is 5.27. The lowest BCUT2D eigenvalue weighted by Gasteiger charge is -2.21. The predicted octanol–water partition coefficient (Wildman–Crippen LogP) is 1.11. The molecular weight excluding hydrogens is 344 g/mol. The lowest BCUT2D eigenvalue weighted by molar-refractivity contribution is -0.120. The average Bonchev–Trinajstić information content (AvgIpc) is 1.83. The van der Waals surface area contributed by atoms with Gasteiger partial charge >= 0.3 is 0 Å². The summed E-state index contributed by atoms with van der Waals surface area (Å²) in [5, 5.41) is 2.81. The van der Waals surface area contributed by atoms with Crippen molar-refractivity contribution >= 4 is 51.1 Å². The Labute approximate surface area is 81.4 Å². The van der Waals surface area contributed by atoms with Crippen LogP contribution in [0.3, 0.4) is 0 Å². The van der Waals surface area contributed by atoms with Gasteiger partial charge in [0.1, 0.15) is 3.92 Å². The highest BCUT2D eigenvalue weighted by Crippen LogP contribution is 2.21. The Morgan fingerprint density at radius 1 is 1.56 bits per heavy atom. The van der Waals surface area contributed by atoms with Crippen LogP contribution < -0.4 is 5.32 Å². The third kappa shape index (κ3) is 1.92. The van der Waals surface area contributed by atoms with Crippen LogP contribution in [0.2, 0.25) is 0 Å². The van der Waals surface area contributed by atoms with Gasteiger partial charge in [-0.3, -0.25) is 4.79 Å². The summed E-state index contributed by atoms with van der Waals surface area (Å²) in [4.78, 5) is 10.9. The monoisotopic (exact) mass is 351 g/mol. The molecule has 1 heterocycles. The van der Waals surface area contributed by atoms with E-state index in [1.807, 2.05) is 0 Å². The molecule has 0 aromatic heterocycles. The van der Waals surface area contributed by atoms with E-state index in [4.69, 9.17) is 0 Å². The van der Waals surface area contributed by atoms with E-state index in [-0.39, 0.29) is 9.83 Å². The minimum absolute atomic E-state index is 0.178. The van der Waals surface area contributed by atoms with E-state index in [0.29, 0.717) is 3.92 Å². The number of carbonyl (C=O) groups excluding carboxylic acids is 1. The van der Waals surface area contributed by atoms with E-state index in [0.717, 1.165) is 13.0 Å². The number of amides is 1. The molecule has 1 rings (SSSR count). The van der Waals surface area contributed by atoms with Gasteiger partial charge in [0, 0.05) is 10.5 Å². The van der Waals surface area contributed by atoms with E-state index in [1.54, 1.807) is 0 Å². The quantitative estimate of drug-likeness (QED) is 0.514. The molecule has 2 atom stereocenters. The number of hydrogen-bond acceptors (Lipinski definition) is 1. The number of hydrogen-bond donors (Lipinski definition) is 1.